The largest absolute Gasteiger partial charge is 0.390 e. The van der Waals surface area contributed by atoms with Crippen LogP contribution in [0.25, 0.3) is 0 Å². The van der Waals surface area contributed by atoms with Crippen LogP contribution in [0.1, 0.15) is 25.5 Å². The molecule has 14 heavy (non-hydrogen) atoms. The van der Waals surface area contributed by atoms with Gasteiger partial charge in [-0.2, -0.15) is 0 Å². The first kappa shape index (κ1) is 11.5. The second-order valence-corrected chi connectivity index (χ2v) is 4.11. The topological polar surface area (TPSA) is 40.5 Å². The average molecular weight is 215 g/mol. The molecule has 2 N–H and O–H groups in total. The van der Waals surface area contributed by atoms with Crippen LogP contribution in [0.3, 0.4) is 0 Å². The van der Waals surface area contributed by atoms with Gasteiger partial charge in [0, 0.05) is 10.6 Å². The first-order valence-corrected chi connectivity index (χ1v) is 5.02. The van der Waals surface area contributed by atoms with Gasteiger partial charge < -0.3 is 10.2 Å². The Bertz CT molecular complexity index is 299. The molecule has 0 aliphatic rings. The lowest BCUT2D eigenvalue weighted by Gasteiger charge is -2.22. The van der Waals surface area contributed by atoms with Gasteiger partial charge in [0.05, 0.1) is 6.10 Å². The summed E-state index contributed by atoms with van der Waals surface area (Å²) >= 11 is 5.90. The minimum absolute atomic E-state index is 0.00118. The first-order chi connectivity index (χ1) is 6.54. The van der Waals surface area contributed by atoms with E-state index in [-0.39, 0.29) is 5.92 Å². The second kappa shape index (κ2) is 4.78. The van der Waals surface area contributed by atoms with Crippen LogP contribution in [0.4, 0.5) is 0 Å². The highest BCUT2D eigenvalue weighted by Crippen LogP contribution is 2.27. The third-order valence-electron chi connectivity index (χ3n) is 2.23. The van der Waals surface area contributed by atoms with E-state index in [9.17, 15) is 10.2 Å². The monoisotopic (exact) mass is 214 g/mol. The quantitative estimate of drug-likeness (QED) is 0.811. The van der Waals surface area contributed by atoms with Gasteiger partial charge in [0.2, 0.25) is 0 Å². The molecule has 0 aromatic heterocycles. The lowest BCUT2D eigenvalue weighted by Crippen LogP contribution is -2.24. The van der Waals surface area contributed by atoms with Gasteiger partial charge in [-0.05, 0) is 12.0 Å². The second-order valence-electron chi connectivity index (χ2n) is 3.70. The summed E-state index contributed by atoms with van der Waals surface area (Å²) in [6, 6.07) is 7.00. The van der Waals surface area contributed by atoms with Crippen LogP contribution >= 0.6 is 11.6 Å². The van der Waals surface area contributed by atoms with Crippen molar-refractivity contribution in [3.63, 3.8) is 0 Å². The summed E-state index contributed by atoms with van der Waals surface area (Å²) in [6.45, 7) is 3.70. The summed E-state index contributed by atoms with van der Waals surface area (Å²) in [4.78, 5) is 0. The third kappa shape index (κ3) is 2.47. The van der Waals surface area contributed by atoms with Crippen LogP contribution < -0.4 is 0 Å². The smallest absolute Gasteiger partial charge is 0.107 e. The highest BCUT2D eigenvalue weighted by atomic mass is 35.5. The summed E-state index contributed by atoms with van der Waals surface area (Å²) in [7, 11) is 0. The highest BCUT2D eigenvalue weighted by molar-refractivity contribution is 6.31. The molecule has 0 spiro atoms. The Labute approximate surface area is 89.1 Å². The molecule has 3 heteroatoms. The fourth-order valence-electron chi connectivity index (χ4n) is 1.26. The van der Waals surface area contributed by atoms with Crippen LogP contribution in [-0.2, 0) is 0 Å². The zero-order valence-electron chi connectivity index (χ0n) is 8.31. The molecule has 2 atom stereocenters. The zero-order chi connectivity index (χ0) is 10.7. The zero-order valence-corrected chi connectivity index (χ0v) is 9.07. The lowest BCUT2D eigenvalue weighted by atomic mass is 9.96. The molecule has 1 aromatic carbocycles. The predicted molar refractivity (Wildman–Crippen MR) is 57.3 cm³/mol. The summed E-state index contributed by atoms with van der Waals surface area (Å²) in [6.07, 6.45) is -1.70. The van der Waals surface area contributed by atoms with E-state index in [0.717, 1.165) is 0 Å². The van der Waals surface area contributed by atoms with Gasteiger partial charge in [0.25, 0.3) is 0 Å². The maximum Gasteiger partial charge on any atom is 0.107 e. The Kier molecular flexibility index (Phi) is 3.93. The Balaban J connectivity index is 2.89. The Hall–Kier alpha value is -0.570. The van der Waals surface area contributed by atoms with E-state index >= 15 is 0 Å². The van der Waals surface area contributed by atoms with Gasteiger partial charge in [0.1, 0.15) is 6.10 Å². The molecule has 0 aliphatic carbocycles. The van der Waals surface area contributed by atoms with Crippen molar-refractivity contribution in [3.8, 4) is 0 Å². The van der Waals surface area contributed by atoms with E-state index in [1.165, 1.54) is 0 Å². The molecule has 0 saturated carbocycles. The van der Waals surface area contributed by atoms with Crippen LogP contribution in [-0.4, -0.2) is 16.3 Å². The van der Waals surface area contributed by atoms with Crippen LogP contribution in [0.5, 0.6) is 0 Å². The third-order valence-corrected chi connectivity index (χ3v) is 2.57. The maximum absolute atomic E-state index is 9.81. The molecule has 0 fully saturated rings. The summed E-state index contributed by atoms with van der Waals surface area (Å²) < 4.78 is 0. The molecular weight excluding hydrogens is 200 g/mol. The summed E-state index contributed by atoms with van der Waals surface area (Å²) in [5, 5.41) is 20.0. The van der Waals surface area contributed by atoms with E-state index in [1.807, 2.05) is 13.8 Å². The fourth-order valence-corrected chi connectivity index (χ4v) is 1.51. The fraction of sp³-hybridized carbons (Fsp3) is 0.455. The van der Waals surface area contributed by atoms with Crippen molar-refractivity contribution in [1.29, 1.82) is 0 Å². The SMILES string of the molecule is CC(C)C(O)C(O)c1ccccc1Cl. The van der Waals surface area contributed by atoms with Crippen LogP contribution in [0, 0.1) is 5.92 Å². The predicted octanol–water partition coefficient (Wildman–Crippen LogP) is 2.39. The molecule has 0 amide bonds. The lowest BCUT2D eigenvalue weighted by molar-refractivity contribution is -0.00934. The Morgan fingerprint density at radius 2 is 1.71 bits per heavy atom. The molecule has 1 aromatic rings. The molecule has 2 nitrogen and oxygen atoms in total. The van der Waals surface area contributed by atoms with Gasteiger partial charge in [-0.25, -0.2) is 0 Å². The molecule has 78 valence electrons. The summed E-state index contributed by atoms with van der Waals surface area (Å²) in [5.41, 5.74) is 0.579. The van der Waals surface area contributed by atoms with Crippen molar-refractivity contribution in [2.45, 2.75) is 26.1 Å². The van der Waals surface area contributed by atoms with Crippen LogP contribution in [0.2, 0.25) is 5.02 Å². The van der Waals surface area contributed by atoms with Gasteiger partial charge >= 0.3 is 0 Å². The minimum atomic E-state index is -0.913. The molecule has 0 aliphatic heterocycles. The van der Waals surface area contributed by atoms with Crippen molar-refractivity contribution in [1.82, 2.24) is 0 Å². The number of hydrogen-bond acceptors (Lipinski definition) is 2. The molecule has 1 rings (SSSR count). The van der Waals surface area contributed by atoms with E-state index in [2.05, 4.69) is 0 Å². The van der Waals surface area contributed by atoms with E-state index in [4.69, 9.17) is 11.6 Å². The number of benzene rings is 1. The molecule has 0 bridgehead atoms. The van der Waals surface area contributed by atoms with Gasteiger partial charge in [-0.1, -0.05) is 43.6 Å². The molecule has 0 saturated heterocycles. The number of hydrogen-bond donors (Lipinski definition) is 2. The van der Waals surface area contributed by atoms with Gasteiger partial charge in [-0.15, -0.1) is 0 Å². The minimum Gasteiger partial charge on any atom is -0.390 e. The van der Waals surface area contributed by atoms with E-state index < -0.39 is 12.2 Å². The highest BCUT2D eigenvalue weighted by Gasteiger charge is 2.22. The van der Waals surface area contributed by atoms with Gasteiger partial charge in [-0.3, -0.25) is 0 Å². The van der Waals surface area contributed by atoms with Crippen molar-refractivity contribution in [2.24, 2.45) is 5.92 Å². The van der Waals surface area contributed by atoms with E-state index in [1.54, 1.807) is 24.3 Å². The van der Waals surface area contributed by atoms with Crippen molar-refractivity contribution < 1.29 is 10.2 Å². The number of aliphatic hydroxyl groups is 2. The average Bonchev–Trinajstić information content (AvgIpc) is 2.16. The number of halogens is 1. The normalized spacial score (nSPS) is 15.6. The van der Waals surface area contributed by atoms with Crippen molar-refractivity contribution >= 4 is 11.6 Å². The molecule has 0 heterocycles. The first-order valence-electron chi connectivity index (χ1n) is 4.64. The van der Waals surface area contributed by atoms with Crippen LogP contribution in [0.15, 0.2) is 24.3 Å². The molecular formula is C11H15ClO2. The molecule has 2 unspecified atom stereocenters. The Morgan fingerprint density at radius 1 is 1.14 bits per heavy atom. The number of aliphatic hydroxyl groups excluding tert-OH is 2. The van der Waals surface area contributed by atoms with E-state index in [0.29, 0.717) is 10.6 Å². The maximum atomic E-state index is 9.81. The number of rotatable bonds is 3. The van der Waals surface area contributed by atoms with Gasteiger partial charge in [0.15, 0.2) is 0 Å². The van der Waals surface area contributed by atoms with Crippen molar-refractivity contribution in [2.75, 3.05) is 0 Å². The van der Waals surface area contributed by atoms with Crippen molar-refractivity contribution in [3.05, 3.63) is 34.9 Å². The Morgan fingerprint density at radius 3 is 2.21 bits per heavy atom. The molecule has 0 radical (unpaired) electrons. The standard InChI is InChI=1S/C11H15ClO2/c1-7(2)10(13)11(14)8-5-3-4-6-9(8)12/h3-7,10-11,13-14H,1-2H3. The summed E-state index contributed by atoms with van der Waals surface area (Å²) in [5.74, 6) is 0.00118.